The molecule has 0 aromatic carbocycles. The van der Waals surface area contributed by atoms with Crippen molar-refractivity contribution < 1.29 is 14.6 Å². The minimum atomic E-state index is -1.93. The second-order valence-electron chi connectivity index (χ2n) is 9.96. The molecular formula is C16H35O3Si4. The normalized spacial score (nSPS) is 16.7. The first-order chi connectivity index (χ1) is 9.78. The zero-order valence-corrected chi connectivity index (χ0v) is 20.7. The summed E-state index contributed by atoms with van der Waals surface area (Å²) >= 11 is 0. The summed E-state index contributed by atoms with van der Waals surface area (Å²) in [6.07, 6.45) is 0. The Kier molecular flexibility index (Phi) is 6.75. The van der Waals surface area contributed by atoms with Crippen molar-refractivity contribution in [3.63, 3.8) is 0 Å². The summed E-state index contributed by atoms with van der Waals surface area (Å²) in [6.45, 7) is 25.8. The molecule has 0 saturated heterocycles. The average molecular weight is 388 g/mol. The number of rotatable bonds is 7. The maximum atomic E-state index is 12.2. The highest BCUT2D eigenvalue weighted by molar-refractivity contribution is 7.01. The number of hydrogen-bond acceptors (Lipinski definition) is 3. The van der Waals surface area contributed by atoms with Crippen molar-refractivity contribution in [1.82, 2.24) is 0 Å². The molecular weight excluding hydrogens is 353 g/mol. The third-order valence-electron chi connectivity index (χ3n) is 4.52. The van der Waals surface area contributed by atoms with E-state index in [1.807, 2.05) is 0 Å². The number of aliphatic hydroxyl groups is 1. The number of hydrogen-bond donors (Lipinski definition) is 1. The van der Waals surface area contributed by atoms with Gasteiger partial charge in [0.2, 0.25) is 0 Å². The number of ether oxygens (including phenoxy) is 1. The van der Waals surface area contributed by atoms with Crippen LogP contribution >= 0.6 is 0 Å². The highest BCUT2D eigenvalue weighted by Crippen LogP contribution is 2.59. The Bertz CT molecular complexity index is 451. The average Bonchev–Trinajstić information content (AvgIpc) is 2.19. The molecule has 1 N–H and O–H groups in total. The van der Waals surface area contributed by atoms with Crippen molar-refractivity contribution in [2.24, 2.45) is 0 Å². The van der Waals surface area contributed by atoms with Gasteiger partial charge in [0.25, 0.3) is 0 Å². The van der Waals surface area contributed by atoms with Crippen molar-refractivity contribution >= 4 is 40.4 Å². The van der Waals surface area contributed by atoms with Crippen LogP contribution in [0.1, 0.15) is 6.92 Å². The third-order valence-corrected chi connectivity index (χ3v) is 18.5. The predicted molar refractivity (Wildman–Crippen MR) is 109 cm³/mol. The van der Waals surface area contributed by atoms with Gasteiger partial charge in [0.1, 0.15) is 10.2 Å². The highest BCUT2D eigenvalue weighted by atomic mass is 28.4. The Balaban J connectivity index is 6.43. The Morgan fingerprint density at radius 3 is 1.61 bits per heavy atom. The monoisotopic (exact) mass is 387 g/mol. The minimum absolute atomic E-state index is 0.301. The van der Waals surface area contributed by atoms with Gasteiger partial charge in [-0.15, -0.1) is 0 Å². The molecule has 0 aliphatic rings. The molecule has 3 radical (unpaired) electrons. The van der Waals surface area contributed by atoms with Crippen LogP contribution in [-0.4, -0.2) is 51.0 Å². The Morgan fingerprint density at radius 2 is 1.39 bits per heavy atom. The van der Waals surface area contributed by atoms with Gasteiger partial charge in [-0.3, -0.25) is 0 Å². The van der Waals surface area contributed by atoms with Crippen LogP contribution in [0.25, 0.3) is 0 Å². The zero-order valence-electron chi connectivity index (χ0n) is 16.7. The molecule has 0 aromatic heterocycles. The Hall–Kier alpha value is 0.0375. The highest BCUT2D eigenvalue weighted by Gasteiger charge is 2.65. The van der Waals surface area contributed by atoms with Crippen molar-refractivity contribution in [3.8, 4) is 0 Å². The van der Waals surface area contributed by atoms with E-state index in [2.05, 4.69) is 75.7 Å². The first-order valence-electron chi connectivity index (χ1n) is 8.15. The topological polar surface area (TPSA) is 46.5 Å². The van der Waals surface area contributed by atoms with E-state index in [-0.39, 0.29) is 0 Å². The molecule has 3 nitrogen and oxygen atoms in total. The van der Waals surface area contributed by atoms with Gasteiger partial charge in [0.15, 0.2) is 5.41 Å². The molecule has 1 unspecified atom stereocenters. The molecule has 7 heteroatoms. The maximum Gasteiger partial charge on any atom is 0.335 e. The molecule has 1 atom stereocenters. The fraction of sp³-hybridized carbons (Fsp3) is 0.812. The summed E-state index contributed by atoms with van der Waals surface area (Å²) in [4.78, 5) is 12.2. The summed E-state index contributed by atoms with van der Waals surface area (Å²) in [5.41, 5.74) is -1.35. The summed E-state index contributed by atoms with van der Waals surface area (Å²) in [7, 11) is -1.87. The minimum Gasteiger partial charge on any atom is -0.435 e. The van der Waals surface area contributed by atoms with Gasteiger partial charge in [-0.05, 0) is 6.92 Å². The fourth-order valence-corrected chi connectivity index (χ4v) is 26.9. The lowest BCUT2D eigenvalue weighted by Crippen LogP contribution is -2.69. The standard InChI is InChI=1S/C16H35O3Si4/c1-13(2)14(17)19-16(18,20)15(22(6,7)8,23(9,10)11)12-21(3,4)5/h18H,1,12H2,2-11H3. The quantitative estimate of drug-likeness (QED) is 0.308. The van der Waals surface area contributed by atoms with E-state index < -0.39 is 40.3 Å². The molecule has 0 amide bonds. The van der Waals surface area contributed by atoms with Gasteiger partial charge in [-0.25, -0.2) is 4.79 Å². The number of esters is 1. The van der Waals surface area contributed by atoms with Crippen LogP contribution in [0.2, 0.25) is 69.6 Å². The smallest absolute Gasteiger partial charge is 0.335 e. The van der Waals surface area contributed by atoms with Gasteiger partial charge < -0.3 is 9.84 Å². The van der Waals surface area contributed by atoms with E-state index in [4.69, 9.17) is 4.74 Å². The van der Waals surface area contributed by atoms with E-state index in [1.54, 1.807) is 6.92 Å². The number of carbonyl (C=O) groups is 1. The second kappa shape index (κ2) is 6.74. The van der Waals surface area contributed by atoms with Crippen molar-refractivity contribution in [2.75, 3.05) is 0 Å². The van der Waals surface area contributed by atoms with E-state index in [9.17, 15) is 9.90 Å². The van der Waals surface area contributed by atoms with Crippen LogP contribution < -0.4 is 0 Å². The van der Waals surface area contributed by atoms with E-state index >= 15 is 0 Å². The first-order valence-corrected chi connectivity index (χ1v) is 19.4. The van der Waals surface area contributed by atoms with Crippen molar-refractivity contribution in [3.05, 3.63) is 12.2 Å². The van der Waals surface area contributed by atoms with Gasteiger partial charge in [0, 0.05) is 18.3 Å². The van der Waals surface area contributed by atoms with Crippen LogP contribution in [-0.2, 0) is 9.53 Å². The summed E-state index contributed by atoms with van der Waals surface area (Å²) < 4.78 is 5.18. The fourth-order valence-electron chi connectivity index (χ4n) is 3.90. The third kappa shape index (κ3) is 5.01. The Morgan fingerprint density at radius 1 is 1.04 bits per heavy atom. The summed E-state index contributed by atoms with van der Waals surface area (Å²) in [5, 5.41) is 11.4. The molecule has 0 fully saturated rings. The zero-order chi connectivity index (χ0) is 19.1. The van der Waals surface area contributed by atoms with Gasteiger partial charge in [-0.2, -0.15) is 0 Å². The van der Waals surface area contributed by atoms with Gasteiger partial charge in [0.05, 0.1) is 16.1 Å². The molecule has 0 bridgehead atoms. The Labute approximate surface area is 149 Å². The molecule has 0 aliphatic heterocycles. The molecule has 23 heavy (non-hydrogen) atoms. The SMILES string of the molecule is C=C(C)C(=O)OC(O)([Si])C(C[Si](C)(C)C)([Si](C)(C)C)[Si](C)(C)C. The van der Waals surface area contributed by atoms with Crippen LogP contribution in [0.4, 0.5) is 0 Å². The summed E-state index contributed by atoms with van der Waals surface area (Å²) in [5.74, 6) is -0.543. The predicted octanol–water partition coefficient (Wildman–Crippen LogP) is 4.21. The van der Waals surface area contributed by atoms with E-state index in [0.29, 0.717) is 5.57 Å². The lowest BCUT2D eigenvalue weighted by atomic mass is 10.3. The molecule has 0 aliphatic carbocycles. The van der Waals surface area contributed by atoms with E-state index in [1.165, 1.54) is 0 Å². The largest absolute Gasteiger partial charge is 0.435 e. The first kappa shape index (κ1) is 23.0. The molecule has 133 valence electrons. The molecule has 0 spiro atoms. The van der Waals surface area contributed by atoms with Crippen LogP contribution in [0.3, 0.4) is 0 Å². The molecule has 0 heterocycles. The van der Waals surface area contributed by atoms with Gasteiger partial charge in [-0.1, -0.05) is 71.5 Å². The van der Waals surface area contributed by atoms with Crippen molar-refractivity contribution in [1.29, 1.82) is 0 Å². The maximum absolute atomic E-state index is 12.2. The molecule has 0 rings (SSSR count). The van der Waals surface area contributed by atoms with Gasteiger partial charge >= 0.3 is 5.97 Å². The van der Waals surface area contributed by atoms with Crippen LogP contribution in [0, 0.1) is 0 Å². The number of carbonyl (C=O) groups excluding carboxylic acids is 1. The van der Waals surface area contributed by atoms with E-state index in [0.717, 1.165) is 6.04 Å². The lowest BCUT2D eigenvalue weighted by molar-refractivity contribution is -0.179. The summed E-state index contributed by atoms with van der Waals surface area (Å²) in [6, 6.07) is 0.926. The molecule has 0 saturated carbocycles. The second-order valence-corrected chi connectivity index (χ2v) is 27.3. The van der Waals surface area contributed by atoms with Crippen LogP contribution in [0.15, 0.2) is 12.2 Å². The van der Waals surface area contributed by atoms with Crippen LogP contribution in [0.5, 0.6) is 0 Å². The molecule has 0 aromatic rings. The van der Waals surface area contributed by atoms with Crippen molar-refractivity contribution in [2.45, 2.75) is 82.0 Å². The lowest BCUT2D eigenvalue weighted by Gasteiger charge is -2.60.